The topological polar surface area (TPSA) is 177 Å². The van der Waals surface area contributed by atoms with Crippen molar-refractivity contribution in [2.75, 3.05) is 6.61 Å². The summed E-state index contributed by atoms with van der Waals surface area (Å²) in [6, 6.07) is 8.66. The minimum absolute atomic E-state index is 0.0554. The third-order valence-electron chi connectivity index (χ3n) is 5.78. The average Bonchev–Trinajstić information content (AvgIpc) is 2.80. The van der Waals surface area contributed by atoms with Crippen LogP contribution in [0.15, 0.2) is 36.4 Å². The molecule has 0 spiro atoms. The number of hydrogen-bond acceptors (Lipinski definition) is 10. The van der Waals surface area contributed by atoms with Gasteiger partial charge < -0.3 is 45.2 Å². The van der Waals surface area contributed by atoms with Gasteiger partial charge in [0.15, 0.2) is 29.3 Å². The van der Waals surface area contributed by atoms with Gasteiger partial charge in [-0.15, -0.1) is 0 Å². The van der Waals surface area contributed by atoms with Crippen molar-refractivity contribution in [3.8, 4) is 23.0 Å². The average molecular weight is 478 g/mol. The van der Waals surface area contributed by atoms with Crippen molar-refractivity contribution in [1.82, 2.24) is 0 Å². The summed E-state index contributed by atoms with van der Waals surface area (Å²) in [5.41, 5.74) is 1.34. The summed E-state index contributed by atoms with van der Waals surface area (Å²) in [7, 11) is 0. The lowest BCUT2D eigenvalue weighted by Crippen LogP contribution is -2.55. The van der Waals surface area contributed by atoms with E-state index < -0.39 is 30.7 Å². The molecular formula is C24H30O10. The first kappa shape index (κ1) is 25.7. The normalized spacial score (nSPS) is 23.5. The fraction of sp³-hybridized carbons (Fsp3) is 0.458. The van der Waals surface area contributed by atoms with Crippen molar-refractivity contribution in [3.05, 3.63) is 47.5 Å². The molecule has 2 aromatic rings. The van der Waals surface area contributed by atoms with Gasteiger partial charge in [-0.1, -0.05) is 12.1 Å². The maximum absolute atomic E-state index is 12.7. The number of Topliss-reactive ketones (excluding diaryl/α,β-unsaturated/α-hetero) is 1. The Kier molecular flexibility index (Phi) is 8.70. The van der Waals surface area contributed by atoms with Crippen LogP contribution in [0.2, 0.25) is 0 Å². The molecule has 5 atom stereocenters. The van der Waals surface area contributed by atoms with E-state index >= 15 is 0 Å². The van der Waals surface area contributed by atoms with E-state index in [2.05, 4.69) is 0 Å². The third-order valence-corrected chi connectivity index (χ3v) is 5.78. The minimum Gasteiger partial charge on any atom is -0.504 e. The number of rotatable bonds is 10. The number of aliphatic hydroxyl groups excluding tert-OH is 3. The van der Waals surface area contributed by atoms with E-state index in [9.17, 15) is 40.5 Å². The summed E-state index contributed by atoms with van der Waals surface area (Å²) >= 11 is 0. The minimum atomic E-state index is -1.48. The van der Waals surface area contributed by atoms with Crippen LogP contribution in [0.4, 0.5) is 0 Å². The van der Waals surface area contributed by atoms with Crippen molar-refractivity contribution in [2.24, 2.45) is 0 Å². The van der Waals surface area contributed by atoms with Gasteiger partial charge >= 0.3 is 0 Å². The van der Waals surface area contributed by atoms with Crippen molar-refractivity contribution in [1.29, 1.82) is 0 Å². The largest absolute Gasteiger partial charge is 0.504 e. The number of carbonyl (C=O) groups is 1. The molecule has 0 bridgehead atoms. The van der Waals surface area contributed by atoms with E-state index in [4.69, 9.17) is 9.47 Å². The maximum Gasteiger partial charge on any atom is 0.183 e. The fourth-order valence-electron chi connectivity index (χ4n) is 3.78. The van der Waals surface area contributed by atoms with Crippen molar-refractivity contribution < 1.29 is 50.0 Å². The molecule has 1 aliphatic rings. The van der Waals surface area contributed by atoms with Crippen molar-refractivity contribution in [2.45, 2.75) is 62.8 Å². The Morgan fingerprint density at radius 2 is 1.50 bits per heavy atom. The lowest BCUT2D eigenvalue weighted by Gasteiger charge is -2.37. The highest BCUT2D eigenvalue weighted by atomic mass is 16.6. The van der Waals surface area contributed by atoms with E-state index in [0.717, 1.165) is 0 Å². The fourth-order valence-corrected chi connectivity index (χ4v) is 3.78. The molecule has 34 heavy (non-hydrogen) atoms. The van der Waals surface area contributed by atoms with Gasteiger partial charge in [0.25, 0.3) is 0 Å². The first-order valence-electron chi connectivity index (χ1n) is 11.0. The number of phenols is 4. The van der Waals surface area contributed by atoms with Crippen molar-refractivity contribution >= 4 is 5.78 Å². The van der Waals surface area contributed by atoms with Crippen LogP contribution in [-0.4, -0.2) is 78.8 Å². The van der Waals surface area contributed by atoms with Gasteiger partial charge in [0.05, 0.1) is 12.7 Å². The van der Waals surface area contributed by atoms with Crippen LogP contribution in [0.3, 0.4) is 0 Å². The Morgan fingerprint density at radius 1 is 0.912 bits per heavy atom. The molecular weight excluding hydrogens is 448 g/mol. The Bertz CT molecular complexity index is 978. The zero-order valence-corrected chi connectivity index (χ0v) is 18.4. The Morgan fingerprint density at radius 3 is 2.09 bits per heavy atom. The highest BCUT2D eigenvalue weighted by Crippen LogP contribution is 2.28. The van der Waals surface area contributed by atoms with Gasteiger partial charge in [0.2, 0.25) is 0 Å². The van der Waals surface area contributed by atoms with Crippen LogP contribution in [-0.2, 0) is 27.1 Å². The lowest BCUT2D eigenvalue weighted by atomic mass is 9.98. The van der Waals surface area contributed by atoms with Crippen LogP contribution in [0.5, 0.6) is 23.0 Å². The number of aromatic hydroxyl groups is 4. The zero-order valence-electron chi connectivity index (χ0n) is 18.4. The summed E-state index contributed by atoms with van der Waals surface area (Å²) in [6.45, 7) is -0.252. The van der Waals surface area contributed by atoms with Crippen LogP contribution < -0.4 is 0 Å². The third kappa shape index (κ3) is 6.81. The molecule has 2 unspecified atom stereocenters. The number of aliphatic hydroxyl groups is 3. The van der Waals surface area contributed by atoms with Crippen LogP contribution >= 0.6 is 0 Å². The standard InChI is InChI=1S/C24H30O10/c25-15(5-1-13-3-7-17(26)19(28)9-13)11-16(6-2-14-4-8-18(27)20(29)10-14)34-23-22(31)21(30)12-33-24(23)32/h3-4,7-10,16,21-24,26-32H,1-2,5-6,11-12H2/t16?,21-,22+,23-,24?/m1/s1. The summed E-state index contributed by atoms with van der Waals surface area (Å²) < 4.78 is 10.9. The molecule has 3 rings (SSSR count). The van der Waals surface area contributed by atoms with Gasteiger partial charge in [-0.25, -0.2) is 0 Å². The van der Waals surface area contributed by atoms with Gasteiger partial charge in [-0.05, 0) is 54.7 Å². The maximum atomic E-state index is 12.7. The molecule has 0 radical (unpaired) electrons. The van der Waals surface area contributed by atoms with Crippen LogP contribution in [0, 0.1) is 0 Å². The Balaban J connectivity index is 1.65. The van der Waals surface area contributed by atoms with Crippen LogP contribution in [0.25, 0.3) is 0 Å². The van der Waals surface area contributed by atoms with Crippen molar-refractivity contribution in [3.63, 3.8) is 0 Å². The quantitative estimate of drug-likeness (QED) is 0.242. The zero-order chi connectivity index (χ0) is 24.8. The highest BCUT2D eigenvalue weighted by Gasteiger charge is 2.40. The number of aryl methyl sites for hydroxylation is 2. The number of phenolic OH excluding ortho intramolecular Hbond substituents is 4. The summed E-state index contributed by atoms with van der Waals surface area (Å²) in [6.07, 6.45) is -5.11. The monoisotopic (exact) mass is 478 g/mol. The molecule has 0 saturated carbocycles. The first-order chi connectivity index (χ1) is 16.1. The van der Waals surface area contributed by atoms with Crippen LogP contribution in [0.1, 0.15) is 30.4 Å². The van der Waals surface area contributed by atoms with E-state index in [1.807, 2.05) is 0 Å². The number of carbonyl (C=O) groups excluding carboxylic acids is 1. The number of hydrogen-bond donors (Lipinski definition) is 7. The molecule has 2 aromatic carbocycles. The summed E-state index contributed by atoms with van der Waals surface area (Å²) in [4.78, 5) is 12.7. The van der Waals surface area contributed by atoms with Gasteiger partial charge in [-0.3, -0.25) is 4.79 Å². The highest BCUT2D eigenvalue weighted by molar-refractivity contribution is 5.79. The van der Waals surface area contributed by atoms with E-state index in [1.54, 1.807) is 12.1 Å². The molecule has 1 saturated heterocycles. The predicted octanol–water partition coefficient (Wildman–Crippen LogP) is 0.858. The number of ether oxygens (including phenoxy) is 2. The smallest absolute Gasteiger partial charge is 0.183 e. The summed E-state index contributed by atoms with van der Waals surface area (Å²) in [5.74, 6) is -1.24. The molecule has 7 N–H and O–H groups in total. The Labute approximate surface area is 196 Å². The molecule has 0 aliphatic carbocycles. The van der Waals surface area contributed by atoms with E-state index in [1.165, 1.54) is 24.3 Å². The molecule has 10 nitrogen and oxygen atoms in total. The second kappa shape index (κ2) is 11.5. The SMILES string of the molecule is O=C(CCc1ccc(O)c(O)c1)CC(CCc1ccc(O)c(O)c1)O[C@H]1C(O)OC[C@@H](O)[C@@H]1O. The lowest BCUT2D eigenvalue weighted by molar-refractivity contribution is -0.274. The van der Waals surface area contributed by atoms with Gasteiger partial charge in [0.1, 0.15) is 24.1 Å². The second-order valence-corrected chi connectivity index (χ2v) is 8.43. The Hall–Kier alpha value is -2.89. The number of benzene rings is 2. The van der Waals surface area contributed by atoms with Gasteiger partial charge in [0, 0.05) is 12.8 Å². The van der Waals surface area contributed by atoms with E-state index in [-0.39, 0.29) is 54.7 Å². The molecule has 1 heterocycles. The molecule has 1 fully saturated rings. The van der Waals surface area contributed by atoms with Gasteiger partial charge in [-0.2, -0.15) is 0 Å². The first-order valence-corrected chi connectivity index (χ1v) is 11.0. The van der Waals surface area contributed by atoms with E-state index in [0.29, 0.717) is 24.0 Å². The second-order valence-electron chi connectivity index (χ2n) is 8.43. The summed E-state index contributed by atoms with van der Waals surface area (Å²) in [5, 5.41) is 68.4. The molecule has 1 aliphatic heterocycles. The predicted molar refractivity (Wildman–Crippen MR) is 118 cm³/mol. The molecule has 10 heteroatoms. The number of ketones is 1. The molecule has 0 amide bonds. The molecule has 186 valence electrons. The molecule has 0 aromatic heterocycles.